The molecule has 3 nitrogen and oxygen atoms in total. The quantitative estimate of drug-likeness (QED) is 0.484. The van der Waals surface area contributed by atoms with Gasteiger partial charge in [-0.05, 0) is 79.7 Å². The van der Waals surface area contributed by atoms with Crippen molar-refractivity contribution in [2.45, 2.75) is 57.5 Å². The number of hydrogen-bond acceptors (Lipinski definition) is 2. The number of likely N-dealkylation sites (tertiary alicyclic amines) is 1. The van der Waals surface area contributed by atoms with Gasteiger partial charge in [0, 0.05) is 32.0 Å². The monoisotopic (exact) mass is 466 g/mol. The smallest absolute Gasteiger partial charge is 0.107 e. The van der Waals surface area contributed by atoms with Crippen molar-refractivity contribution in [2.24, 2.45) is 0 Å². The maximum absolute atomic E-state index is 11.5. The van der Waals surface area contributed by atoms with E-state index in [1.165, 1.54) is 29.5 Å². The highest BCUT2D eigenvalue weighted by Crippen LogP contribution is 2.50. The lowest BCUT2D eigenvalue weighted by Gasteiger charge is -2.38. The Morgan fingerprint density at radius 3 is 2.57 bits per heavy atom. The molecular formula is C26H31BrN2O. The van der Waals surface area contributed by atoms with Crippen LogP contribution in [-0.4, -0.2) is 35.1 Å². The molecule has 5 rings (SSSR count). The van der Waals surface area contributed by atoms with E-state index >= 15 is 0 Å². The van der Waals surface area contributed by atoms with Crippen LogP contribution in [0.15, 0.2) is 34.8 Å². The summed E-state index contributed by atoms with van der Waals surface area (Å²) in [5.41, 5.74) is 8.38. The summed E-state index contributed by atoms with van der Waals surface area (Å²) in [6, 6.07) is 11.1. The number of piperidine rings is 1. The van der Waals surface area contributed by atoms with Crippen LogP contribution in [0.1, 0.15) is 79.1 Å². The van der Waals surface area contributed by atoms with E-state index in [9.17, 15) is 5.11 Å². The summed E-state index contributed by atoms with van der Waals surface area (Å²) in [6.45, 7) is 9.17. The zero-order chi connectivity index (χ0) is 21.2. The SMILES string of the molecule is CCc1cc2c(cc1C1CCN(C)CC1)C(C)(C)c1[nH]c3cc(Br)ccc3c1C2O. The van der Waals surface area contributed by atoms with Crippen molar-refractivity contribution >= 4 is 26.8 Å². The van der Waals surface area contributed by atoms with Gasteiger partial charge in [0.2, 0.25) is 0 Å². The molecule has 1 saturated heterocycles. The van der Waals surface area contributed by atoms with Gasteiger partial charge in [0.05, 0.1) is 0 Å². The van der Waals surface area contributed by atoms with Crippen LogP contribution in [0, 0.1) is 0 Å². The molecule has 30 heavy (non-hydrogen) atoms. The Morgan fingerprint density at radius 1 is 1.13 bits per heavy atom. The predicted octanol–water partition coefficient (Wildman–Crippen LogP) is 6.02. The highest BCUT2D eigenvalue weighted by Gasteiger charge is 2.40. The van der Waals surface area contributed by atoms with Gasteiger partial charge in [0.15, 0.2) is 0 Å². The van der Waals surface area contributed by atoms with Crippen molar-refractivity contribution in [1.29, 1.82) is 0 Å². The van der Waals surface area contributed by atoms with Crippen LogP contribution in [0.3, 0.4) is 0 Å². The topological polar surface area (TPSA) is 39.3 Å². The molecule has 0 amide bonds. The van der Waals surface area contributed by atoms with Gasteiger partial charge in [0.1, 0.15) is 6.10 Å². The second-order valence-electron chi connectivity index (χ2n) is 9.70. The van der Waals surface area contributed by atoms with Crippen molar-refractivity contribution in [3.8, 4) is 0 Å². The summed E-state index contributed by atoms with van der Waals surface area (Å²) >= 11 is 3.59. The molecule has 0 saturated carbocycles. The first-order valence-electron chi connectivity index (χ1n) is 11.2. The van der Waals surface area contributed by atoms with Crippen LogP contribution in [0.2, 0.25) is 0 Å². The summed E-state index contributed by atoms with van der Waals surface area (Å²) in [5, 5.41) is 12.6. The number of aryl methyl sites for hydroxylation is 1. The van der Waals surface area contributed by atoms with Crippen LogP contribution in [0.25, 0.3) is 10.9 Å². The van der Waals surface area contributed by atoms with Gasteiger partial charge in [-0.2, -0.15) is 0 Å². The highest BCUT2D eigenvalue weighted by molar-refractivity contribution is 9.10. The molecule has 2 aromatic carbocycles. The number of rotatable bonds is 2. The molecule has 3 aromatic rings. The predicted molar refractivity (Wildman–Crippen MR) is 127 cm³/mol. The van der Waals surface area contributed by atoms with Gasteiger partial charge in [-0.25, -0.2) is 0 Å². The average molecular weight is 467 g/mol. The molecule has 1 unspecified atom stereocenters. The van der Waals surface area contributed by atoms with Crippen molar-refractivity contribution in [2.75, 3.05) is 20.1 Å². The first-order chi connectivity index (χ1) is 14.3. The Labute approximate surface area is 187 Å². The minimum absolute atomic E-state index is 0.179. The molecule has 1 atom stereocenters. The number of benzene rings is 2. The largest absolute Gasteiger partial charge is 0.384 e. The number of H-pyrrole nitrogens is 1. The van der Waals surface area contributed by atoms with Crippen molar-refractivity contribution in [3.05, 3.63) is 68.3 Å². The van der Waals surface area contributed by atoms with Crippen molar-refractivity contribution < 1.29 is 5.11 Å². The third-order valence-electron chi connectivity index (χ3n) is 7.52. The summed E-state index contributed by atoms with van der Waals surface area (Å²) in [6.07, 6.45) is 2.86. The Kier molecular flexibility index (Phi) is 4.88. The lowest BCUT2D eigenvalue weighted by molar-refractivity contribution is 0.211. The van der Waals surface area contributed by atoms with Crippen LogP contribution >= 0.6 is 15.9 Å². The zero-order valence-electron chi connectivity index (χ0n) is 18.3. The van der Waals surface area contributed by atoms with Crippen LogP contribution in [0.4, 0.5) is 0 Å². The van der Waals surface area contributed by atoms with Crippen molar-refractivity contribution in [3.63, 3.8) is 0 Å². The van der Waals surface area contributed by atoms with E-state index in [1.54, 1.807) is 0 Å². The van der Waals surface area contributed by atoms with Crippen molar-refractivity contribution in [1.82, 2.24) is 9.88 Å². The second-order valence-corrected chi connectivity index (χ2v) is 10.6. The van der Waals surface area contributed by atoms with Gasteiger partial charge in [-0.1, -0.05) is 54.9 Å². The molecule has 1 aliphatic heterocycles. The summed E-state index contributed by atoms with van der Waals surface area (Å²) in [5.74, 6) is 0.620. The number of aliphatic hydroxyl groups excluding tert-OH is 1. The van der Waals surface area contributed by atoms with Crippen LogP contribution in [0.5, 0.6) is 0 Å². The minimum atomic E-state index is -0.588. The third-order valence-corrected chi connectivity index (χ3v) is 8.01. The summed E-state index contributed by atoms with van der Waals surface area (Å²) in [7, 11) is 2.22. The fraction of sp³-hybridized carbons (Fsp3) is 0.462. The minimum Gasteiger partial charge on any atom is -0.384 e. The van der Waals surface area contributed by atoms with Gasteiger partial charge in [-0.3, -0.25) is 0 Å². The molecule has 1 aromatic heterocycles. The number of halogens is 1. The lowest BCUT2D eigenvalue weighted by Crippen LogP contribution is -2.32. The number of aromatic amines is 1. The average Bonchev–Trinajstić information content (AvgIpc) is 3.12. The van der Waals surface area contributed by atoms with Crippen LogP contribution in [-0.2, 0) is 11.8 Å². The zero-order valence-corrected chi connectivity index (χ0v) is 19.9. The van der Waals surface area contributed by atoms with Gasteiger partial charge < -0.3 is 15.0 Å². The van der Waals surface area contributed by atoms with E-state index in [4.69, 9.17) is 0 Å². The van der Waals surface area contributed by atoms with Gasteiger partial charge in [0.25, 0.3) is 0 Å². The molecule has 2 N–H and O–H groups in total. The molecule has 1 aliphatic carbocycles. The Bertz CT molecular complexity index is 1120. The molecular weight excluding hydrogens is 436 g/mol. The molecule has 2 aliphatic rings. The number of hydrogen-bond donors (Lipinski definition) is 2. The molecule has 0 spiro atoms. The number of aromatic nitrogens is 1. The molecule has 0 bridgehead atoms. The third kappa shape index (κ3) is 2.99. The fourth-order valence-electron chi connectivity index (χ4n) is 5.71. The Balaban J connectivity index is 1.69. The molecule has 2 heterocycles. The van der Waals surface area contributed by atoms with E-state index in [0.29, 0.717) is 5.92 Å². The Hall–Kier alpha value is -1.62. The van der Waals surface area contributed by atoms with E-state index in [1.807, 2.05) is 0 Å². The number of aliphatic hydroxyl groups is 1. The lowest BCUT2D eigenvalue weighted by atomic mass is 9.68. The van der Waals surface area contributed by atoms with Crippen LogP contribution < -0.4 is 0 Å². The summed E-state index contributed by atoms with van der Waals surface area (Å²) < 4.78 is 1.05. The van der Waals surface area contributed by atoms with Gasteiger partial charge >= 0.3 is 0 Å². The second kappa shape index (κ2) is 7.22. The first kappa shape index (κ1) is 20.3. The maximum atomic E-state index is 11.5. The Morgan fingerprint density at radius 2 is 1.87 bits per heavy atom. The maximum Gasteiger partial charge on any atom is 0.107 e. The number of fused-ring (bicyclic) bond motifs is 4. The highest BCUT2D eigenvalue weighted by atomic mass is 79.9. The van der Waals surface area contributed by atoms with Gasteiger partial charge in [-0.15, -0.1) is 0 Å². The number of nitrogens with zero attached hydrogens (tertiary/aromatic N) is 1. The summed E-state index contributed by atoms with van der Waals surface area (Å²) in [4.78, 5) is 6.09. The van der Waals surface area contributed by atoms with E-state index in [2.05, 4.69) is 84.0 Å². The molecule has 4 heteroatoms. The van der Waals surface area contributed by atoms with E-state index in [0.717, 1.165) is 51.7 Å². The molecule has 0 radical (unpaired) electrons. The molecule has 1 fully saturated rings. The van der Waals surface area contributed by atoms with E-state index in [-0.39, 0.29) is 5.41 Å². The number of nitrogens with one attached hydrogen (secondary N) is 1. The fourth-order valence-corrected chi connectivity index (χ4v) is 6.07. The standard InChI is InChI=1S/C26H31BrN2O/c1-5-15-12-20-21(14-19(15)16-8-10-29(4)11-9-16)26(2,3)25-23(24(20)30)18-7-6-17(27)13-22(18)28-25/h6-7,12-14,16,24,28,30H,5,8-11H2,1-4H3. The normalized spacial score (nSPS) is 21.6. The molecule has 158 valence electrons. The first-order valence-corrected chi connectivity index (χ1v) is 12.0. The van der Waals surface area contributed by atoms with E-state index < -0.39 is 6.10 Å².